The number of aliphatic hydroxyl groups is 1. The standard InChI is InChI=1S/C17H25NO3/c1-16(2)12-18(17(3,4)14(16)10-19)15(20)21-11-13-8-6-5-7-9-13/h5-9,14,19H,10-12H2,1-4H3. The molecule has 1 saturated heterocycles. The predicted molar refractivity (Wildman–Crippen MR) is 81.8 cm³/mol. The van der Waals surface area contributed by atoms with Gasteiger partial charge in [0.25, 0.3) is 0 Å². The van der Waals surface area contributed by atoms with E-state index >= 15 is 0 Å². The van der Waals surface area contributed by atoms with Crippen molar-refractivity contribution in [2.24, 2.45) is 11.3 Å². The predicted octanol–water partition coefficient (Wildman–Crippen LogP) is 3.05. The maximum absolute atomic E-state index is 12.4. The summed E-state index contributed by atoms with van der Waals surface area (Å²) in [5.74, 6) is 0.0364. The summed E-state index contributed by atoms with van der Waals surface area (Å²) < 4.78 is 5.44. The van der Waals surface area contributed by atoms with Crippen LogP contribution in [-0.4, -0.2) is 34.8 Å². The molecule has 1 aliphatic rings. The summed E-state index contributed by atoms with van der Waals surface area (Å²) >= 11 is 0. The van der Waals surface area contributed by atoms with E-state index in [4.69, 9.17) is 4.74 Å². The molecule has 4 nitrogen and oxygen atoms in total. The number of hydrogen-bond donors (Lipinski definition) is 1. The first-order chi connectivity index (χ1) is 9.79. The molecule has 0 spiro atoms. The second-order valence-corrected chi connectivity index (χ2v) is 7.00. The van der Waals surface area contributed by atoms with Gasteiger partial charge in [-0.2, -0.15) is 0 Å². The van der Waals surface area contributed by atoms with Crippen LogP contribution >= 0.6 is 0 Å². The van der Waals surface area contributed by atoms with Crippen LogP contribution in [0.3, 0.4) is 0 Å². The zero-order chi connectivity index (χ0) is 15.7. The average Bonchev–Trinajstić information content (AvgIpc) is 2.62. The molecule has 0 bridgehead atoms. The third kappa shape index (κ3) is 3.05. The van der Waals surface area contributed by atoms with E-state index in [0.29, 0.717) is 6.54 Å². The highest BCUT2D eigenvalue weighted by molar-refractivity contribution is 5.69. The molecule has 1 N–H and O–H groups in total. The first kappa shape index (κ1) is 15.8. The molecule has 0 radical (unpaired) electrons. The quantitative estimate of drug-likeness (QED) is 0.931. The molecule has 1 fully saturated rings. The first-order valence-corrected chi connectivity index (χ1v) is 7.38. The maximum atomic E-state index is 12.4. The fraction of sp³-hybridized carbons (Fsp3) is 0.588. The van der Waals surface area contributed by atoms with Crippen LogP contribution in [0.4, 0.5) is 4.79 Å². The van der Waals surface area contributed by atoms with Gasteiger partial charge in [-0.3, -0.25) is 0 Å². The van der Waals surface area contributed by atoms with Crippen LogP contribution in [0.2, 0.25) is 0 Å². The molecular formula is C17H25NO3. The lowest BCUT2D eigenvalue weighted by Gasteiger charge is -2.35. The van der Waals surface area contributed by atoms with E-state index in [1.54, 1.807) is 4.90 Å². The van der Waals surface area contributed by atoms with Crippen molar-refractivity contribution in [3.8, 4) is 0 Å². The second-order valence-electron chi connectivity index (χ2n) is 7.00. The fourth-order valence-electron chi connectivity index (χ4n) is 3.43. The summed E-state index contributed by atoms with van der Waals surface area (Å²) in [5.41, 5.74) is 0.441. The normalized spacial score (nSPS) is 23.1. The van der Waals surface area contributed by atoms with Crippen molar-refractivity contribution in [2.45, 2.75) is 39.8 Å². The van der Waals surface area contributed by atoms with E-state index in [0.717, 1.165) is 5.56 Å². The lowest BCUT2D eigenvalue weighted by Crippen LogP contribution is -2.47. The van der Waals surface area contributed by atoms with Crippen LogP contribution in [0.5, 0.6) is 0 Å². The van der Waals surface area contributed by atoms with Gasteiger partial charge in [0.1, 0.15) is 6.61 Å². The summed E-state index contributed by atoms with van der Waals surface area (Å²) in [7, 11) is 0. The van der Waals surface area contributed by atoms with E-state index in [2.05, 4.69) is 13.8 Å². The lowest BCUT2D eigenvalue weighted by atomic mass is 9.74. The van der Waals surface area contributed by atoms with Crippen molar-refractivity contribution in [2.75, 3.05) is 13.2 Å². The number of amides is 1. The molecule has 1 heterocycles. The van der Waals surface area contributed by atoms with Crippen molar-refractivity contribution in [1.82, 2.24) is 4.90 Å². The number of nitrogens with zero attached hydrogens (tertiary/aromatic N) is 1. The molecule has 1 unspecified atom stereocenters. The number of carbonyl (C=O) groups is 1. The monoisotopic (exact) mass is 291 g/mol. The Kier molecular flexibility index (Phi) is 4.28. The fourth-order valence-corrected chi connectivity index (χ4v) is 3.43. The molecule has 116 valence electrons. The number of benzene rings is 1. The zero-order valence-corrected chi connectivity index (χ0v) is 13.3. The van der Waals surface area contributed by atoms with Gasteiger partial charge in [-0.05, 0) is 24.8 Å². The SMILES string of the molecule is CC1(C)CN(C(=O)OCc2ccccc2)C(C)(C)C1CO. The Morgan fingerprint density at radius 2 is 1.90 bits per heavy atom. The summed E-state index contributed by atoms with van der Waals surface area (Å²) in [6.07, 6.45) is -0.312. The molecule has 0 saturated carbocycles. The van der Waals surface area contributed by atoms with E-state index in [1.807, 2.05) is 44.2 Å². The van der Waals surface area contributed by atoms with E-state index in [9.17, 15) is 9.90 Å². The zero-order valence-electron chi connectivity index (χ0n) is 13.3. The largest absolute Gasteiger partial charge is 0.445 e. The molecule has 2 rings (SSSR count). The Morgan fingerprint density at radius 3 is 2.43 bits per heavy atom. The van der Waals surface area contributed by atoms with Crippen LogP contribution in [0.1, 0.15) is 33.3 Å². The number of rotatable bonds is 3. The molecule has 0 aliphatic carbocycles. The van der Waals surface area contributed by atoms with Crippen molar-refractivity contribution in [1.29, 1.82) is 0 Å². The highest BCUT2D eigenvalue weighted by Gasteiger charge is 2.54. The first-order valence-electron chi connectivity index (χ1n) is 7.38. The van der Waals surface area contributed by atoms with Gasteiger partial charge < -0.3 is 14.7 Å². The molecule has 4 heteroatoms. The number of hydrogen-bond acceptors (Lipinski definition) is 3. The summed E-state index contributed by atoms with van der Waals surface area (Å²) in [6.45, 7) is 9.09. The van der Waals surface area contributed by atoms with Crippen LogP contribution in [0, 0.1) is 11.3 Å². The highest BCUT2D eigenvalue weighted by Crippen LogP contribution is 2.46. The Morgan fingerprint density at radius 1 is 1.29 bits per heavy atom. The second kappa shape index (κ2) is 5.68. The Hall–Kier alpha value is -1.55. The minimum atomic E-state index is -0.411. The minimum Gasteiger partial charge on any atom is -0.445 e. The third-order valence-electron chi connectivity index (χ3n) is 4.67. The molecule has 1 atom stereocenters. The molecule has 0 aromatic heterocycles. The number of carbonyl (C=O) groups excluding carboxylic acids is 1. The van der Waals surface area contributed by atoms with Crippen LogP contribution in [-0.2, 0) is 11.3 Å². The Bertz CT molecular complexity index is 496. The van der Waals surface area contributed by atoms with Crippen LogP contribution < -0.4 is 0 Å². The minimum absolute atomic E-state index is 0.0364. The van der Waals surface area contributed by atoms with Crippen molar-refractivity contribution in [3.63, 3.8) is 0 Å². The number of aliphatic hydroxyl groups excluding tert-OH is 1. The topological polar surface area (TPSA) is 49.8 Å². The van der Waals surface area contributed by atoms with Crippen molar-refractivity contribution in [3.05, 3.63) is 35.9 Å². The summed E-state index contributed by atoms with van der Waals surface area (Å²) in [6, 6.07) is 9.65. The Balaban J connectivity index is 2.06. The number of likely N-dealkylation sites (tertiary alicyclic amines) is 1. The van der Waals surface area contributed by atoms with E-state index < -0.39 is 5.54 Å². The van der Waals surface area contributed by atoms with Gasteiger partial charge in [0.2, 0.25) is 0 Å². The lowest BCUT2D eigenvalue weighted by molar-refractivity contribution is 0.0532. The molecule has 21 heavy (non-hydrogen) atoms. The van der Waals surface area contributed by atoms with Gasteiger partial charge in [-0.1, -0.05) is 44.2 Å². The van der Waals surface area contributed by atoms with Crippen molar-refractivity contribution >= 4 is 6.09 Å². The van der Waals surface area contributed by atoms with Crippen molar-refractivity contribution < 1.29 is 14.6 Å². The van der Waals surface area contributed by atoms with Gasteiger partial charge in [-0.25, -0.2) is 4.79 Å². The molecule has 1 aromatic rings. The van der Waals surface area contributed by atoms with Gasteiger partial charge in [0, 0.05) is 24.6 Å². The molecule has 1 amide bonds. The van der Waals surface area contributed by atoms with Crippen LogP contribution in [0.25, 0.3) is 0 Å². The van der Waals surface area contributed by atoms with Gasteiger partial charge in [-0.15, -0.1) is 0 Å². The highest BCUT2D eigenvalue weighted by atomic mass is 16.6. The van der Waals surface area contributed by atoms with Gasteiger partial charge >= 0.3 is 6.09 Å². The van der Waals surface area contributed by atoms with Gasteiger partial charge in [0.15, 0.2) is 0 Å². The molecule has 1 aromatic carbocycles. The van der Waals surface area contributed by atoms with E-state index in [-0.39, 0.29) is 30.6 Å². The van der Waals surface area contributed by atoms with Crippen LogP contribution in [0.15, 0.2) is 30.3 Å². The average molecular weight is 291 g/mol. The van der Waals surface area contributed by atoms with Gasteiger partial charge in [0.05, 0.1) is 0 Å². The molecule has 1 aliphatic heterocycles. The number of ether oxygens (including phenoxy) is 1. The molecular weight excluding hydrogens is 266 g/mol. The smallest absolute Gasteiger partial charge is 0.410 e. The maximum Gasteiger partial charge on any atom is 0.410 e. The third-order valence-corrected chi connectivity index (χ3v) is 4.67. The van der Waals surface area contributed by atoms with E-state index in [1.165, 1.54) is 0 Å². The Labute approximate surface area is 126 Å². The summed E-state index contributed by atoms with van der Waals surface area (Å²) in [4.78, 5) is 14.2. The summed E-state index contributed by atoms with van der Waals surface area (Å²) in [5, 5.41) is 9.67.